The van der Waals surface area contributed by atoms with E-state index in [0.29, 0.717) is 11.8 Å². The average molecular weight is 1140 g/mol. The zero-order chi connectivity index (χ0) is 58.8. The van der Waals surface area contributed by atoms with Gasteiger partial charge in [-0.3, -0.25) is 9.13 Å². The van der Waals surface area contributed by atoms with Gasteiger partial charge >= 0.3 is 0 Å². The predicted molar refractivity (Wildman–Crippen MR) is 364 cm³/mol. The summed E-state index contributed by atoms with van der Waals surface area (Å²) in [5.41, 5.74) is 22.1. The molecule has 89 heavy (non-hydrogen) atoms. The third-order valence-electron chi connectivity index (χ3n) is 17.1. The molecule has 17 rings (SSSR count). The number of hydrogen-bond acceptors (Lipinski definition) is 5. The summed E-state index contributed by atoms with van der Waals surface area (Å²) in [6, 6.07) is 111. The van der Waals surface area contributed by atoms with E-state index >= 15 is 0 Å². The highest BCUT2D eigenvalue weighted by Crippen LogP contribution is 2.41. The van der Waals surface area contributed by atoms with Crippen LogP contribution in [0.4, 0.5) is 0 Å². The summed E-state index contributed by atoms with van der Waals surface area (Å²) >= 11 is 0. The summed E-state index contributed by atoms with van der Waals surface area (Å²) in [5.74, 6) is 2.06. The summed E-state index contributed by atoms with van der Waals surface area (Å²) < 4.78 is 6.76. The van der Waals surface area contributed by atoms with Gasteiger partial charge in [-0.2, -0.15) is 4.98 Å². The zero-order valence-corrected chi connectivity index (χ0v) is 48.1. The molecule has 0 saturated heterocycles. The fraction of sp³-hybridized carbons (Fsp3) is 0. The Labute approximate surface area is 513 Å². The van der Waals surface area contributed by atoms with E-state index in [4.69, 9.17) is 24.9 Å². The lowest BCUT2D eigenvalue weighted by Gasteiger charge is -2.12. The quantitative estimate of drug-likeness (QED) is 0.129. The number of hydrogen-bond donors (Lipinski definition) is 0. The van der Waals surface area contributed by atoms with Crippen molar-refractivity contribution in [3.05, 3.63) is 315 Å². The molecular formula is C81H52N8. The van der Waals surface area contributed by atoms with Gasteiger partial charge in [-0.15, -0.1) is 0 Å². The first kappa shape index (κ1) is 51.3. The summed E-state index contributed by atoms with van der Waals surface area (Å²) in [6.45, 7) is 0. The van der Waals surface area contributed by atoms with Crippen molar-refractivity contribution >= 4 is 54.8 Å². The molecule has 0 unspecified atom stereocenters. The highest BCUT2D eigenvalue weighted by Gasteiger charge is 2.25. The number of para-hydroxylation sites is 3. The van der Waals surface area contributed by atoms with Gasteiger partial charge in [0, 0.05) is 60.7 Å². The van der Waals surface area contributed by atoms with Gasteiger partial charge in [0.15, 0.2) is 11.5 Å². The fourth-order valence-corrected chi connectivity index (χ4v) is 12.8. The first-order valence-corrected chi connectivity index (χ1v) is 30.0. The standard InChI is InChI=1S/C81H52N8/c1-6-21-53(22-7-1)54-37-39-55(40-38-54)70-52-71(83-78(82-70)58-25-10-3-11-26-58)56-41-45-65(46-42-56)87-72-35-18-16-33-66(72)68-50-62(43-47-74(68)87)60-29-20-30-61(49-60)63-44-48-75-69(51-63)67-34-17-19-36-73(67)89(75)81-85-76(57-23-8-2-9-24-57)77-80(86-81)88(64-31-14-5-15-32-64)79(84-77)59-27-12-4-13-28-59/h1-52H. The van der Waals surface area contributed by atoms with E-state index < -0.39 is 0 Å². The second kappa shape index (κ2) is 21.4. The zero-order valence-electron chi connectivity index (χ0n) is 48.1. The molecule has 8 nitrogen and oxygen atoms in total. The minimum atomic E-state index is 0.568. The van der Waals surface area contributed by atoms with Crippen molar-refractivity contribution < 1.29 is 0 Å². The van der Waals surface area contributed by atoms with E-state index in [1.807, 2.05) is 54.6 Å². The molecule has 0 aliphatic carbocycles. The number of fused-ring (bicyclic) bond motifs is 7. The lowest BCUT2D eigenvalue weighted by Crippen LogP contribution is -2.05. The van der Waals surface area contributed by atoms with Crippen molar-refractivity contribution in [2.75, 3.05) is 0 Å². The van der Waals surface area contributed by atoms with Crippen molar-refractivity contribution in [3.8, 4) is 107 Å². The minimum Gasteiger partial charge on any atom is -0.309 e. The number of imidazole rings is 1. The van der Waals surface area contributed by atoms with Crippen LogP contribution in [0.3, 0.4) is 0 Å². The molecule has 0 spiro atoms. The Hall–Kier alpha value is -12.1. The van der Waals surface area contributed by atoms with Gasteiger partial charge in [0.05, 0.1) is 33.5 Å². The first-order chi connectivity index (χ1) is 44.1. The Morgan fingerprint density at radius 3 is 1.24 bits per heavy atom. The van der Waals surface area contributed by atoms with E-state index in [0.717, 1.165) is 134 Å². The molecule has 5 heterocycles. The van der Waals surface area contributed by atoms with Crippen molar-refractivity contribution in [1.82, 2.24) is 38.6 Å². The van der Waals surface area contributed by atoms with Crippen LogP contribution in [0.1, 0.15) is 0 Å². The normalized spacial score (nSPS) is 11.6. The number of benzene rings is 12. The molecular weight excluding hydrogens is 1080 g/mol. The van der Waals surface area contributed by atoms with Crippen LogP contribution >= 0.6 is 0 Å². The monoisotopic (exact) mass is 1140 g/mol. The fourth-order valence-electron chi connectivity index (χ4n) is 12.8. The highest BCUT2D eigenvalue weighted by atomic mass is 15.2. The first-order valence-electron chi connectivity index (χ1n) is 30.0. The summed E-state index contributed by atoms with van der Waals surface area (Å²) in [7, 11) is 0. The van der Waals surface area contributed by atoms with Crippen LogP contribution in [0.15, 0.2) is 315 Å². The van der Waals surface area contributed by atoms with Crippen LogP contribution in [0.2, 0.25) is 0 Å². The van der Waals surface area contributed by atoms with Crippen molar-refractivity contribution in [2.45, 2.75) is 0 Å². The Bertz CT molecular complexity index is 5500. The topological polar surface area (TPSA) is 79.2 Å². The Morgan fingerprint density at radius 2 is 0.640 bits per heavy atom. The lowest BCUT2D eigenvalue weighted by atomic mass is 9.97. The van der Waals surface area contributed by atoms with E-state index in [2.05, 4.69) is 275 Å². The smallest absolute Gasteiger partial charge is 0.237 e. The van der Waals surface area contributed by atoms with Crippen LogP contribution in [0.5, 0.6) is 0 Å². The Kier molecular flexibility index (Phi) is 12.4. The molecule has 12 aromatic carbocycles. The van der Waals surface area contributed by atoms with E-state index in [1.165, 1.54) is 16.3 Å². The van der Waals surface area contributed by atoms with Crippen LogP contribution in [0.25, 0.3) is 162 Å². The van der Waals surface area contributed by atoms with E-state index in [-0.39, 0.29) is 0 Å². The van der Waals surface area contributed by atoms with E-state index in [1.54, 1.807) is 0 Å². The molecule has 416 valence electrons. The molecule has 0 amide bonds. The van der Waals surface area contributed by atoms with Gasteiger partial charge < -0.3 is 4.57 Å². The molecule has 5 aromatic heterocycles. The second-order valence-electron chi connectivity index (χ2n) is 22.5. The van der Waals surface area contributed by atoms with Crippen LogP contribution in [0, 0.1) is 0 Å². The third kappa shape index (κ3) is 9.05. The molecule has 0 N–H and O–H groups in total. The molecule has 17 aromatic rings. The lowest BCUT2D eigenvalue weighted by molar-refractivity contribution is 0.989. The van der Waals surface area contributed by atoms with Gasteiger partial charge in [-0.1, -0.05) is 243 Å². The van der Waals surface area contributed by atoms with Gasteiger partial charge in [-0.05, 0) is 106 Å². The SMILES string of the molecule is c1ccc(-c2ccc(-c3cc(-c4ccc(-n5c6ccccc6c6cc(-c7cccc(-c8ccc9c(c8)c8ccccc8n9-c8nc(-c9ccccc9)c9nc(-c%10ccccc%10)n(-c%10ccccc%10)c9n8)c7)ccc65)cc4)nc(-c4ccccc4)n3)cc2)cc1. The average Bonchev–Trinajstić information content (AvgIpc) is 1.98. The number of rotatable bonds is 11. The maximum atomic E-state index is 5.50. The Balaban J connectivity index is 0.728. The van der Waals surface area contributed by atoms with Gasteiger partial charge in [0.25, 0.3) is 0 Å². The second-order valence-corrected chi connectivity index (χ2v) is 22.5. The van der Waals surface area contributed by atoms with Crippen molar-refractivity contribution in [3.63, 3.8) is 0 Å². The van der Waals surface area contributed by atoms with Gasteiger partial charge in [0.1, 0.15) is 17.0 Å². The summed E-state index contributed by atoms with van der Waals surface area (Å²) in [4.78, 5) is 26.6. The molecule has 0 fully saturated rings. The predicted octanol–water partition coefficient (Wildman–Crippen LogP) is 20.1. The van der Waals surface area contributed by atoms with Crippen LogP contribution < -0.4 is 0 Å². The largest absolute Gasteiger partial charge is 0.309 e. The number of nitrogens with zero attached hydrogens (tertiary/aromatic N) is 8. The summed E-state index contributed by atoms with van der Waals surface area (Å²) in [6.07, 6.45) is 0. The van der Waals surface area contributed by atoms with Crippen LogP contribution in [-0.2, 0) is 0 Å². The molecule has 0 bridgehead atoms. The van der Waals surface area contributed by atoms with Crippen molar-refractivity contribution in [1.29, 1.82) is 0 Å². The van der Waals surface area contributed by atoms with Gasteiger partial charge in [0.2, 0.25) is 5.95 Å². The molecule has 8 heteroatoms. The molecule has 0 aliphatic rings. The van der Waals surface area contributed by atoms with Crippen LogP contribution in [-0.4, -0.2) is 38.6 Å². The van der Waals surface area contributed by atoms with E-state index in [9.17, 15) is 0 Å². The molecule has 0 aliphatic heterocycles. The number of aromatic nitrogens is 8. The van der Waals surface area contributed by atoms with Gasteiger partial charge in [-0.25, -0.2) is 19.9 Å². The van der Waals surface area contributed by atoms with Crippen molar-refractivity contribution in [2.24, 2.45) is 0 Å². The summed E-state index contributed by atoms with van der Waals surface area (Å²) in [5, 5.41) is 4.61. The highest BCUT2D eigenvalue weighted by molar-refractivity contribution is 6.12. The maximum Gasteiger partial charge on any atom is 0.237 e. The Morgan fingerprint density at radius 1 is 0.225 bits per heavy atom. The molecule has 0 saturated carbocycles. The maximum absolute atomic E-state index is 5.50. The molecule has 0 atom stereocenters. The third-order valence-corrected chi connectivity index (χ3v) is 17.1. The molecule has 0 radical (unpaired) electrons. The minimum absolute atomic E-state index is 0.568.